The lowest BCUT2D eigenvalue weighted by Gasteiger charge is -2.06. The highest BCUT2D eigenvalue weighted by Crippen LogP contribution is 2.46. The Bertz CT molecular complexity index is 674. The van der Waals surface area contributed by atoms with Gasteiger partial charge in [-0.3, -0.25) is 4.79 Å². The number of anilines is 1. The molecule has 1 aliphatic carbocycles. The van der Waals surface area contributed by atoms with Crippen LogP contribution in [0.2, 0.25) is 0 Å². The molecule has 0 saturated heterocycles. The lowest BCUT2D eigenvalue weighted by atomic mass is 10.1. The third-order valence-corrected chi connectivity index (χ3v) is 5.82. The first-order valence-corrected chi connectivity index (χ1v) is 9.11. The van der Waals surface area contributed by atoms with E-state index in [0.717, 1.165) is 28.7 Å². The SMILES string of the molecule is CC(C)c1cnc(CSc2cnc(NC(=O)C3(C)CC3)s2)o1. The van der Waals surface area contributed by atoms with E-state index in [2.05, 4.69) is 29.1 Å². The Morgan fingerprint density at radius 2 is 2.23 bits per heavy atom. The van der Waals surface area contributed by atoms with Gasteiger partial charge in [-0.2, -0.15) is 0 Å². The minimum absolute atomic E-state index is 0.0766. The summed E-state index contributed by atoms with van der Waals surface area (Å²) in [6.45, 7) is 6.15. The minimum Gasteiger partial charge on any atom is -0.445 e. The number of carbonyl (C=O) groups excluding carboxylic acids is 1. The average molecular weight is 337 g/mol. The molecule has 2 aromatic heterocycles. The van der Waals surface area contributed by atoms with Crippen LogP contribution in [0.15, 0.2) is 21.0 Å². The molecule has 22 heavy (non-hydrogen) atoms. The molecule has 0 radical (unpaired) electrons. The lowest BCUT2D eigenvalue weighted by molar-refractivity contribution is -0.120. The summed E-state index contributed by atoms with van der Waals surface area (Å²) in [6, 6.07) is 0. The van der Waals surface area contributed by atoms with E-state index in [4.69, 9.17) is 4.42 Å². The summed E-state index contributed by atoms with van der Waals surface area (Å²) in [5.74, 6) is 2.72. The van der Waals surface area contributed by atoms with Crippen molar-refractivity contribution in [3.63, 3.8) is 0 Å². The number of nitrogens with zero attached hydrogens (tertiary/aromatic N) is 2. The van der Waals surface area contributed by atoms with Crippen molar-refractivity contribution in [3.8, 4) is 0 Å². The molecule has 0 aromatic carbocycles. The summed E-state index contributed by atoms with van der Waals surface area (Å²) in [4.78, 5) is 20.5. The van der Waals surface area contributed by atoms with Gasteiger partial charge in [-0.25, -0.2) is 9.97 Å². The van der Waals surface area contributed by atoms with Crippen LogP contribution in [0.3, 0.4) is 0 Å². The Kier molecular flexibility index (Phi) is 4.27. The highest BCUT2D eigenvalue weighted by molar-refractivity contribution is 8.00. The van der Waals surface area contributed by atoms with Crippen molar-refractivity contribution < 1.29 is 9.21 Å². The van der Waals surface area contributed by atoms with Crippen molar-refractivity contribution in [2.24, 2.45) is 5.41 Å². The van der Waals surface area contributed by atoms with Gasteiger partial charge in [0.05, 0.1) is 22.4 Å². The predicted molar refractivity (Wildman–Crippen MR) is 88.2 cm³/mol. The van der Waals surface area contributed by atoms with Crippen molar-refractivity contribution >= 4 is 34.1 Å². The van der Waals surface area contributed by atoms with Crippen LogP contribution < -0.4 is 5.32 Å². The highest BCUT2D eigenvalue weighted by Gasteiger charge is 2.45. The number of nitrogens with one attached hydrogen (secondary N) is 1. The van der Waals surface area contributed by atoms with Gasteiger partial charge in [0.1, 0.15) is 5.76 Å². The van der Waals surface area contributed by atoms with Gasteiger partial charge in [0.25, 0.3) is 0 Å². The van der Waals surface area contributed by atoms with E-state index in [1.165, 1.54) is 11.3 Å². The van der Waals surface area contributed by atoms with E-state index in [9.17, 15) is 4.79 Å². The Labute approximate surface area is 137 Å². The summed E-state index contributed by atoms with van der Waals surface area (Å²) in [5, 5.41) is 3.56. The van der Waals surface area contributed by atoms with Crippen molar-refractivity contribution in [1.82, 2.24) is 9.97 Å². The smallest absolute Gasteiger partial charge is 0.232 e. The zero-order valence-corrected chi connectivity index (χ0v) is 14.5. The van der Waals surface area contributed by atoms with Gasteiger partial charge in [-0.05, 0) is 12.8 Å². The lowest BCUT2D eigenvalue weighted by Crippen LogP contribution is -2.21. The van der Waals surface area contributed by atoms with E-state index in [-0.39, 0.29) is 11.3 Å². The largest absolute Gasteiger partial charge is 0.445 e. The van der Waals surface area contributed by atoms with Gasteiger partial charge in [0, 0.05) is 11.3 Å². The average Bonchev–Trinajstić information content (AvgIpc) is 2.92. The first kappa shape index (κ1) is 15.6. The molecule has 7 heteroatoms. The fourth-order valence-corrected chi connectivity index (χ4v) is 3.56. The number of aromatic nitrogens is 2. The zero-order valence-electron chi connectivity index (χ0n) is 12.9. The molecular formula is C15H19N3O2S2. The van der Waals surface area contributed by atoms with Crippen LogP contribution in [0.25, 0.3) is 0 Å². The molecular weight excluding hydrogens is 318 g/mol. The number of carbonyl (C=O) groups is 1. The molecule has 1 amide bonds. The summed E-state index contributed by atoms with van der Waals surface area (Å²) < 4.78 is 6.72. The second-order valence-electron chi connectivity index (χ2n) is 6.10. The molecule has 118 valence electrons. The molecule has 3 rings (SSSR count). The monoisotopic (exact) mass is 337 g/mol. The van der Waals surface area contributed by atoms with Crippen molar-refractivity contribution in [1.29, 1.82) is 0 Å². The topological polar surface area (TPSA) is 68.0 Å². The molecule has 0 unspecified atom stereocenters. The third-order valence-electron chi connectivity index (χ3n) is 3.73. The molecule has 1 aliphatic rings. The second kappa shape index (κ2) is 6.04. The van der Waals surface area contributed by atoms with E-state index < -0.39 is 0 Å². The fraction of sp³-hybridized carbons (Fsp3) is 0.533. The first-order valence-electron chi connectivity index (χ1n) is 7.31. The van der Waals surface area contributed by atoms with Crippen molar-refractivity contribution in [2.75, 3.05) is 5.32 Å². The Hall–Kier alpha value is -1.34. The maximum absolute atomic E-state index is 12.0. The first-order chi connectivity index (χ1) is 10.5. The number of hydrogen-bond donors (Lipinski definition) is 1. The summed E-state index contributed by atoms with van der Waals surface area (Å²) in [6.07, 6.45) is 5.50. The number of thioether (sulfide) groups is 1. The van der Waals surface area contributed by atoms with E-state index in [0.29, 0.717) is 16.8 Å². The quantitative estimate of drug-likeness (QED) is 0.797. The van der Waals surface area contributed by atoms with Crippen LogP contribution in [-0.2, 0) is 10.5 Å². The van der Waals surface area contributed by atoms with Crippen LogP contribution in [-0.4, -0.2) is 15.9 Å². The summed E-state index contributed by atoms with van der Waals surface area (Å²) in [7, 11) is 0. The standard InChI is InChI=1S/C15H19N3O2S2/c1-9(2)10-6-16-11(20-10)8-21-12-7-17-14(22-12)18-13(19)15(3)4-5-15/h6-7,9H,4-5,8H2,1-3H3,(H,17,18,19). The number of thiazole rings is 1. The normalized spacial score (nSPS) is 16.0. The molecule has 0 atom stereocenters. The fourth-order valence-electron chi connectivity index (χ4n) is 1.84. The summed E-state index contributed by atoms with van der Waals surface area (Å²) >= 11 is 3.11. The maximum Gasteiger partial charge on any atom is 0.232 e. The van der Waals surface area contributed by atoms with Gasteiger partial charge in [0.15, 0.2) is 5.13 Å². The Morgan fingerprint density at radius 3 is 2.86 bits per heavy atom. The number of rotatable bonds is 6. The Balaban J connectivity index is 1.54. The van der Waals surface area contributed by atoms with Crippen molar-refractivity contribution in [3.05, 3.63) is 24.0 Å². The summed E-state index contributed by atoms with van der Waals surface area (Å²) in [5.41, 5.74) is -0.176. The van der Waals surface area contributed by atoms with Gasteiger partial charge in [-0.1, -0.05) is 32.1 Å². The Morgan fingerprint density at radius 1 is 1.45 bits per heavy atom. The molecule has 0 aliphatic heterocycles. The van der Waals surface area contributed by atoms with Crippen molar-refractivity contribution in [2.45, 2.75) is 49.5 Å². The minimum atomic E-state index is -0.176. The van der Waals surface area contributed by atoms with Gasteiger partial charge >= 0.3 is 0 Å². The molecule has 0 spiro atoms. The molecule has 1 fully saturated rings. The molecule has 2 aromatic rings. The second-order valence-corrected chi connectivity index (χ2v) is 8.41. The highest BCUT2D eigenvalue weighted by atomic mass is 32.2. The molecule has 1 saturated carbocycles. The van der Waals surface area contributed by atoms with Crippen LogP contribution in [0, 0.1) is 5.41 Å². The molecule has 2 heterocycles. The number of oxazole rings is 1. The van der Waals surface area contributed by atoms with E-state index in [1.807, 2.05) is 6.92 Å². The van der Waals surface area contributed by atoms with Gasteiger partial charge in [0.2, 0.25) is 11.8 Å². The zero-order chi connectivity index (χ0) is 15.7. The molecule has 1 N–H and O–H groups in total. The van der Waals surface area contributed by atoms with Gasteiger partial charge < -0.3 is 9.73 Å². The van der Waals surface area contributed by atoms with E-state index >= 15 is 0 Å². The van der Waals surface area contributed by atoms with Crippen LogP contribution in [0.1, 0.15) is 51.2 Å². The van der Waals surface area contributed by atoms with Crippen LogP contribution in [0.4, 0.5) is 5.13 Å². The molecule has 0 bridgehead atoms. The third kappa shape index (κ3) is 3.52. The number of amides is 1. The number of hydrogen-bond acceptors (Lipinski definition) is 6. The van der Waals surface area contributed by atoms with Crippen LogP contribution >= 0.6 is 23.1 Å². The van der Waals surface area contributed by atoms with Crippen LogP contribution in [0.5, 0.6) is 0 Å². The predicted octanol–water partition coefficient (Wildman–Crippen LogP) is 4.29. The van der Waals surface area contributed by atoms with Gasteiger partial charge in [-0.15, -0.1) is 11.8 Å². The maximum atomic E-state index is 12.0. The molecule has 5 nitrogen and oxygen atoms in total. The van der Waals surface area contributed by atoms with E-state index in [1.54, 1.807) is 24.2 Å².